The number of benzene rings is 3. The van der Waals surface area contributed by atoms with Crippen molar-refractivity contribution in [2.45, 2.75) is 32.7 Å². The number of carbonyl (C=O) groups is 1. The number of hydrogen-bond acceptors (Lipinski definition) is 4. The van der Waals surface area contributed by atoms with Crippen molar-refractivity contribution in [2.24, 2.45) is 0 Å². The summed E-state index contributed by atoms with van der Waals surface area (Å²) < 4.78 is 11.3. The van der Waals surface area contributed by atoms with Gasteiger partial charge in [0.05, 0.1) is 24.1 Å². The highest BCUT2D eigenvalue weighted by Crippen LogP contribution is 2.39. The van der Waals surface area contributed by atoms with Crippen LogP contribution >= 0.6 is 11.6 Å². The smallest absolute Gasteiger partial charge is 0.290 e. The van der Waals surface area contributed by atoms with E-state index in [9.17, 15) is 9.59 Å². The van der Waals surface area contributed by atoms with E-state index in [0.717, 1.165) is 28.9 Å². The normalized spacial score (nSPS) is 15.0. The third kappa shape index (κ3) is 4.10. The standard InChI is InChI=1S/C29H26ClNO4/c1-4-18-5-9-20(10-6-18)26-25-27(32)22-16-23(30)17(2)15-24(22)35-28(25)29(33)31(26)14-13-19-7-11-21(34-3)12-8-19/h5-12,15-16,26H,4,13-14H2,1-3H3/t26-/m0/s1. The Bertz CT molecular complexity index is 1470. The fourth-order valence-electron chi connectivity index (χ4n) is 4.70. The summed E-state index contributed by atoms with van der Waals surface area (Å²) in [5, 5.41) is 0.883. The molecule has 5 rings (SSSR count). The summed E-state index contributed by atoms with van der Waals surface area (Å²) in [4.78, 5) is 29.1. The molecule has 0 bridgehead atoms. The molecule has 3 aromatic carbocycles. The average molecular weight is 488 g/mol. The van der Waals surface area contributed by atoms with Gasteiger partial charge in [-0.05, 0) is 66.3 Å². The molecule has 2 heterocycles. The first-order valence-corrected chi connectivity index (χ1v) is 12.1. The van der Waals surface area contributed by atoms with Crippen molar-refractivity contribution >= 4 is 28.5 Å². The Morgan fingerprint density at radius 3 is 2.34 bits per heavy atom. The van der Waals surface area contributed by atoms with Crippen LogP contribution in [0.1, 0.15) is 51.3 Å². The zero-order valence-electron chi connectivity index (χ0n) is 19.9. The summed E-state index contributed by atoms with van der Waals surface area (Å²) in [6, 6.07) is 18.7. The molecule has 5 nitrogen and oxygen atoms in total. The van der Waals surface area contributed by atoms with Gasteiger partial charge in [-0.1, -0.05) is 54.9 Å². The molecule has 0 saturated heterocycles. The predicted octanol–water partition coefficient (Wildman–Crippen LogP) is 6.11. The lowest BCUT2D eigenvalue weighted by molar-refractivity contribution is 0.0730. The number of hydrogen-bond donors (Lipinski definition) is 0. The summed E-state index contributed by atoms with van der Waals surface area (Å²) in [7, 11) is 1.63. The Balaban J connectivity index is 1.61. The Morgan fingerprint density at radius 1 is 1.00 bits per heavy atom. The molecule has 1 aliphatic rings. The molecule has 178 valence electrons. The number of amides is 1. The monoisotopic (exact) mass is 487 g/mol. The van der Waals surface area contributed by atoms with Gasteiger partial charge in [0.1, 0.15) is 11.3 Å². The second kappa shape index (κ2) is 9.23. The molecule has 0 N–H and O–H groups in total. The first-order valence-electron chi connectivity index (χ1n) is 11.7. The second-order valence-corrected chi connectivity index (χ2v) is 9.27. The summed E-state index contributed by atoms with van der Waals surface area (Å²) in [6.07, 6.45) is 1.54. The van der Waals surface area contributed by atoms with Crippen molar-refractivity contribution in [1.29, 1.82) is 0 Å². The highest BCUT2D eigenvalue weighted by molar-refractivity contribution is 6.32. The Kier molecular flexibility index (Phi) is 6.12. The number of halogens is 1. The highest BCUT2D eigenvalue weighted by atomic mass is 35.5. The zero-order chi connectivity index (χ0) is 24.7. The summed E-state index contributed by atoms with van der Waals surface area (Å²) >= 11 is 6.33. The number of rotatable bonds is 6. The number of fused-ring (bicyclic) bond motifs is 2. The van der Waals surface area contributed by atoms with Crippen molar-refractivity contribution in [3.05, 3.63) is 109 Å². The van der Waals surface area contributed by atoms with E-state index < -0.39 is 6.04 Å². The molecule has 1 aliphatic heterocycles. The van der Waals surface area contributed by atoms with Crippen LogP contribution in [0.25, 0.3) is 11.0 Å². The van der Waals surface area contributed by atoms with Crippen LogP contribution in [0.3, 0.4) is 0 Å². The van der Waals surface area contributed by atoms with Crippen LogP contribution in [0.15, 0.2) is 69.9 Å². The minimum atomic E-state index is -0.526. The molecular weight excluding hydrogens is 462 g/mol. The van der Waals surface area contributed by atoms with Crippen LogP contribution < -0.4 is 10.2 Å². The third-order valence-corrected chi connectivity index (χ3v) is 7.16. The van der Waals surface area contributed by atoms with E-state index in [0.29, 0.717) is 34.5 Å². The number of nitrogens with zero attached hydrogens (tertiary/aromatic N) is 1. The van der Waals surface area contributed by atoms with Crippen LogP contribution in [-0.2, 0) is 12.8 Å². The van der Waals surface area contributed by atoms with Crippen LogP contribution in [0.2, 0.25) is 5.02 Å². The largest absolute Gasteiger partial charge is 0.497 e. The van der Waals surface area contributed by atoms with Crippen LogP contribution in [0, 0.1) is 6.92 Å². The maximum absolute atomic E-state index is 13.7. The molecule has 0 saturated carbocycles. The number of aryl methyl sites for hydroxylation is 2. The lowest BCUT2D eigenvalue weighted by Gasteiger charge is -2.25. The lowest BCUT2D eigenvalue weighted by atomic mass is 9.96. The molecule has 1 aromatic heterocycles. The third-order valence-electron chi connectivity index (χ3n) is 6.75. The average Bonchev–Trinajstić information content (AvgIpc) is 3.16. The van der Waals surface area contributed by atoms with E-state index in [1.165, 1.54) is 5.56 Å². The van der Waals surface area contributed by atoms with E-state index in [1.807, 2.05) is 55.5 Å². The minimum Gasteiger partial charge on any atom is -0.497 e. The Labute approximate surface area is 208 Å². The van der Waals surface area contributed by atoms with Gasteiger partial charge in [-0.25, -0.2) is 0 Å². The molecule has 1 atom stereocenters. The van der Waals surface area contributed by atoms with Crippen molar-refractivity contribution in [2.75, 3.05) is 13.7 Å². The van der Waals surface area contributed by atoms with E-state index in [-0.39, 0.29) is 17.1 Å². The molecule has 0 fully saturated rings. The Hall–Kier alpha value is -3.57. The minimum absolute atomic E-state index is 0.114. The number of ether oxygens (including phenoxy) is 1. The van der Waals surface area contributed by atoms with Crippen molar-refractivity contribution < 1.29 is 13.9 Å². The highest BCUT2D eigenvalue weighted by Gasteiger charge is 2.42. The van der Waals surface area contributed by atoms with Gasteiger partial charge in [-0.2, -0.15) is 0 Å². The SMILES string of the molecule is CCc1ccc([C@H]2c3c(oc4cc(C)c(Cl)cc4c3=O)C(=O)N2CCc2ccc(OC)cc2)cc1. The topological polar surface area (TPSA) is 59.8 Å². The van der Waals surface area contributed by atoms with Gasteiger partial charge < -0.3 is 14.1 Å². The number of methoxy groups -OCH3 is 1. The maximum Gasteiger partial charge on any atom is 0.290 e. The maximum atomic E-state index is 13.7. The lowest BCUT2D eigenvalue weighted by Crippen LogP contribution is -2.31. The zero-order valence-corrected chi connectivity index (χ0v) is 20.7. The second-order valence-electron chi connectivity index (χ2n) is 8.87. The summed E-state index contributed by atoms with van der Waals surface area (Å²) in [5.41, 5.74) is 4.47. The molecule has 0 unspecified atom stereocenters. The molecular formula is C29H26ClNO4. The summed E-state index contributed by atoms with van der Waals surface area (Å²) in [6.45, 7) is 4.37. The van der Waals surface area contributed by atoms with Gasteiger partial charge in [0.15, 0.2) is 5.43 Å². The molecule has 35 heavy (non-hydrogen) atoms. The molecule has 4 aromatic rings. The van der Waals surface area contributed by atoms with Gasteiger partial charge >= 0.3 is 0 Å². The molecule has 0 radical (unpaired) electrons. The van der Waals surface area contributed by atoms with Gasteiger partial charge in [0, 0.05) is 11.6 Å². The molecule has 1 amide bonds. The fraction of sp³-hybridized carbons (Fsp3) is 0.241. The van der Waals surface area contributed by atoms with Gasteiger partial charge in [0.2, 0.25) is 5.76 Å². The summed E-state index contributed by atoms with van der Waals surface area (Å²) in [5.74, 6) is 0.621. The predicted molar refractivity (Wildman–Crippen MR) is 138 cm³/mol. The van der Waals surface area contributed by atoms with Crippen LogP contribution in [0.5, 0.6) is 5.75 Å². The van der Waals surface area contributed by atoms with Crippen LogP contribution in [-0.4, -0.2) is 24.5 Å². The van der Waals surface area contributed by atoms with Crippen LogP contribution in [0.4, 0.5) is 0 Å². The number of carbonyl (C=O) groups excluding carboxylic acids is 1. The van der Waals surface area contributed by atoms with Crippen molar-refractivity contribution in [1.82, 2.24) is 4.90 Å². The quantitative estimate of drug-likeness (QED) is 0.329. The van der Waals surface area contributed by atoms with E-state index in [2.05, 4.69) is 6.92 Å². The van der Waals surface area contributed by atoms with E-state index in [4.69, 9.17) is 20.8 Å². The van der Waals surface area contributed by atoms with Crippen molar-refractivity contribution in [3.63, 3.8) is 0 Å². The van der Waals surface area contributed by atoms with E-state index >= 15 is 0 Å². The van der Waals surface area contributed by atoms with Gasteiger partial charge in [-0.3, -0.25) is 9.59 Å². The van der Waals surface area contributed by atoms with E-state index in [1.54, 1.807) is 24.1 Å². The van der Waals surface area contributed by atoms with Crippen molar-refractivity contribution in [3.8, 4) is 5.75 Å². The van der Waals surface area contributed by atoms with Gasteiger partial charge in [-0.15, -0.1) is 0 Å². The fourth-order valence-corrected chi connectivity index (χ4v) is 4.86. The molecule has 0 aliphatic carbocycles. The van der Waals surface area contributed by atoms with Gasteiger partial charge in [0.25, 0.3) is 5.91 Å². The Morgan fingerprint density at radius 2 is 1.69 bits per heavy atom. The molecule has 6 heteroatoms. The first-order chi connectivity index (χ1) is 16.9. The molecule has 0 spiro atoms. The first kappa shape index (κ1) is 23.2.